The minimum absolute atomic E-state index is 0.0927. The fourth-order valence-electron chi connectivity index (χ4n) is 3.83. The summed E-state index contributed by atoms with van der Waals surface area (Å²) >= 11 is 0. The smallest absolute Gasteiger partial charge is 0.344 e. The van der Waals surface area contributed by atoms with Crippen LogP contribution in [0.15, 0.2) is 40.9 Å². The van der Waals surface area contributed by atoms with E-state index in [9.17, 15) is 13.2 Å². The van der Waals surface area contributed by atoms with Crippen LogP contribution in [-0.2, 0) is 10.2 Å². The Labute approximate surface area is 180 Å². The van der Waals surface area contributed by atoms with Gasteiger partial charge in [0.25, 0.3) is 5.91 Å². The normalized spacial score (nSPS) is 19.6. The monoisotopic (exact) mass is 444 g/mol. The summed E-state index contributed by atoms with van der Waals surface area (Å²) in [4.78, 5) is 18.5. The number of amidine groups is 1. The molecule has 10 nitrogen and oxygen atoms in total. The largest absolute Gasteiger partial charge is 0.492 e. The molecule has 3 heterocycles. The summed E-state index contributed by atoms with van der Waals surface area (Å²) in [5.74, 6) is 1.23. The van der Waals surface area contributed by atoms with Gasteiger partial charge in [-0.1, -0.05) is 6.07 Å². The number of rotatable bonds is 5. The van der Waals surface area contributed by atoms with Crippen molar-refractivity contribution in [3.05, 3.63) is 47.7 Å². The average molecular weight is 445 g/mol. The Morgan fingerprint density at radius 2 is 2.23 bits per heavy atom. The summed E-state index contributed by atoms with van der Waals surface area (Å²) in [6.45, 7) is 2.01. The van der Waals surface area contributed by atoms with Gasteiger partial charge in [0, 0.05) is 37.8 Å². The standard InChI is InChI=1S/C20H24N6O4S/c1-22-20(27)14-7-8-23-17(10-14)26-9-3-4-13(11-26)12-30-16-6-2-5-15-18(16)19(21)25-31(28,29)24-15/h2,5-8,10,13,24H,3-4,9,11-12H2,1H3,(H2,21,25)(H,22,27)/t13-/m0/s1. The van der Waals surface area contributed by atoms with Crippen LogP contribution in [0.2, 0.25) is 0 Å². The van der Waals surface area contributed by atoms with Crippen LogP contribution >= 0.6 is 0 Å². The molecule has 1 fully saturated rings. The lowest BCUT2D eigenvalue weighted by molar-refractivity contribution is 0.0963. The third kappa shape index (κ3) is 4.55. The number of fused-ring (bicyclic) bond motifs is 1. The summed E-state index contributed by atoms with van der Waals surface area (Å²) < 4.78 is 35.4. The van der Waals surface area contributed by atoms with Crippen LogP contribution in [0.1, 0.15) is 28.8 Å². The molecule has 2 aromatic rings. The Morgan fingerprint density at radius 3 is 3.03 bits per heavy atom. The van der Waals surface area contributed by atoms with Crippen molar-refractivity contribution >= 4 is 33.5 Å². The van der Waals surface area contributed by atoms with Crippen molar-refractivity contribution in [1.82, 2.24) is 10.3 Å². The quantitative estimate of drug-likeness (QED) is 0.628. The van der Waals surface area contributed by atoms with Gasteiger partial charge in [-0.3, -0.25) is 9.52 Å². The fraction of sp³-hybridized carbons (Fsp3) is 0.350. The number of carbonyl (C=O) groups is 1. The van der Waals surface area contributed by atoms with Crippen molar-refractivity contribution in [1.29, 1.82) is 0 Å². The number of carbonyl (C=O) groups excluding carboxylic acids is 1. The molecule has 2 aliphatic rings. The Bertz CT molecular complexity index is 1130. The summed E-state index contributed by atoms with van der Waals surface area (Å²) in [5.41, 5.74) is 7.25. The van der Waals surface area contributed by atoms with Crippen LogP contribution in [0.4, 0.5) is 11.5 Å². The first-order valence-electron chi connectivity index (χ1n) is 9.94. The number of aromatic nitrogens is 1. The molecule has 0 aliphatic carbocycles. The number of hydrogen-bond acceptors (Lipinski definition) is 7. The van der Waals surface area contributed by atoms with Gasteiger partial charge in [0.1, 0.15) is 11.6 Å². The maximum Gasteiger partial charge on any atom is 0.344 e. The second kappa shape index (κ2) is 8.42. The molecule has 0 saturated carbocycles. The molecule has 0 unspecified atom stereocenters. The Kier molecular flexibility index (Phi) is 5.68. The molecular weight excluding hydrogens is 420 g/mol. The SMILES string of the molecule is CNC(=O)c1ccnc(N2CCC[C@H](COc3cccc4c3C(N)=NS(=O)(=O)N4)C2)c1. The van der Waals surface area contributed by atoms with Crippen molar-refractivity contribution in [2.75, 3.05) is 36.4 Å². The lowest BCUT2D eigenvalue weighted by Gasteiger charge is -2.33. The molecule has 1 amide bonds. The van der Waals surface area contributed by atoms with Gasteiger partial charge in [0.15, 0.2) is 5.84 Å². The minimum atomic E-state index is -3.83. The van der Waals surface area contributed by atoms with Gasteiger partial charge in [-0.15, -0.1) is 4.40 Å². The highest BCUT2D eigenvalue weighted by Crippen LogP contribution is 2.31. The van der Waals surface area contributed by atoms with Crippen LogP contribution in [0, 0.1) is 5.92 Å². The summed E-state index contributed by atoms with van der Waals surface area (Å²) in [7, 11) is -2.23. The van der Waals surface area contributed by atoms with Crippen LogP contribution in [0.3, 0.4) is 0 Å². The third-order valence-corrected chi connectivity index (χ3v) is 6.21. The van der Waals surface area contributed by atoms with Crippen LogP contribution < -0.4 is 25.4 Å². The molecule has 0 spiro atoms. The number of ether oxygens (including phenoxy) is 1. The first-order chi connectivity index (χ1) is 14.9. The van der Waals surface area contributed by atoms with Gasteiger partial charge in [-0.05, 0) is 37.1 Å². The Hall–Kier alpha value is -3.34. The zero-order valence-electron chi connectivity index (χ0n) is 17.0. The molecule has 1 aromatic heterocycles. The van der Waals surface area contributed by atoms with Crippen LogP contribution in [0.25, 0.3) is 0 Å². The topological polar surface area (TPSA) is 139 Å². The van der Waals surface area contributed by atoms with E-state index in [0.29, 0.717) is 29.2 Å². The molecule has 0 radical (unpaired) electrons. The first kappa shape index (κ1) is 20.9. The van der Waals surface area contributed by atoms with Gasteiger partial charge in [0.2, 0.25) is 0 Å². The van der Waals surface area contributed by atoms with Crippen molar-refractivity contribution < 1.29 is 17.9 Å². The highest BCUT2D eigenvalue weighted by atomic mass is 32.2. The molecule has 11 heteroatoms. The number of nitrogens with two attached hydrogens (primary N) is 1. The van der Waals surface area contributed by atoms with Crippen molar-refractivity contribution in [3.63, 3.8) is 0 Å². The molecule has 31 heavy (non-hydrogen) atoms. The predicted molar refractivity (Wildman–Crippen MR) is 118 cm³/mol. The zero-order valence-corrected chi connectivity index (χ0v) is 17.9. The number of amides is 1. The Balaban J connectivity index is 1.46. The van der Waals surface area contributed by atoms with Crippen molar-refractivity contribution in [2.45, 2.75) is 12.8 Å². The Morgan fingerprint density at radius 1 is 1.39 bits per heavy atom. The van der Waals surface area contributed by atoms with Crippen LogP contribution in [0.5, 0.6) is 5.75 Å². The maximum atomic E-state index is 11.9. The minimum Gasteiger partial charge on any atom is -0.492 e. The van der Waals surface area contributed by atoms with E-state index in [4.69, 9.17) is 10.5 Å². The molecule has 0 bridgehead atoms. The number of hydrogen-bond donors (Lipinski definition) is 3. The summed E-state index contributed by atoms with van der Waals surface area (Å²) in [6.07, 6.45) is 3.59. The van der Waals surface area contributed by atoms with E-state index < -0.39 is 10.2 Å². The summed E-state index contributed by atoms with van der Waals surface area (Å²) in [6, 6.07) is 8.55. The van der Waals surface area contributed by atoms with Crippen LogP contribution in [-0.4, -0.2) is 51.9 Å². The molecule has 4 rings (SSSR count). The molecule has 1 atom stereocenters. The molecule has 164 valence electrons. The molecule has 2 aliphatic heterocycles. The van der Waals surface area contributed by atoms with E-state index in [2.05, 4.69) is 24.3 Å². The number of nitrogens with one attached hydrogen (secondary N) is 2. The number of anilines is 2. The van der Waals surface area contributed by atoms with E-state index >= 15 is 0 Å². The number of pyridine rings is 1. The number of nitrogens with zero attached hydrogens (tertiary/aromatic N) is 3. The van der Waals surface area contributed by atoms with E-state index in [-0.39, 0.29) is 17.7 Å². The third-order valence-electron chi connectivity index (χ3n) is 5.29. The van der Waals surface area contributed by atoms with Gasteiger partial charge >= 0.3 is 10.2 Å². The molecular formula is C20H24N6O4S. The van der Waals surface area contributed by atoms with E-state index in [1.807, 2.05) is 0 Å². The first-order valence-corrected chi connectivity index (χ1v) is 11.4. The highest BCUT2D eigenvalue weighted by molar-refractivity contribution is 7.91. The number of benzene rings is 1. The number of piperidine rings is 1. The van der Waals surface area contributed by atoms with E-state index in [1.54, 1.807) is 43.6 Å². The van der Waals surface area contributed by atoms with Gasteiger partial charge in [-0.2, -0.15) is 8.42 Å². The summed E-state index contributed by atoms with van der Waals surface area (Å²) in [5, 5.41) is 2.62. The average Bonchev–Trinajstić information content (AvgIpc) is 2.76. The van der Waals surface area contributed by atoms with Gasteiger partial charge < -0.3 is 20.7 Å². The second-order valence-corrected chi connectivity index (χ2v) is 8.82. The lowest BCUT2D eigenvalue weighted by atomic mass is 9.98. The lowest BCUT2D eigenvalue weighted by Crippen LogP contribution is -2.38. The van der Waals surface area contributed by atoms with E-state index in [0.717, 1.165) is 31.7 Å². The van der Waals surface area contributed by atoms with E-state index in [1.165, 1.54) is 0 Å². The highest BCUT2D eigenvalue weighted by Gasteiger charge is 2.26. The van der Waals surface area contributed by atoms with Crippen molar-refractivity contribution in [2.24, 2.45) is 16.0 Å². The molecule has 1 saturated heterocycles. The van der Waals surface area contributed by atoms with Gasteiger partial charge in [-0.25, -0.2) is 4.98 Å². The fourth-order valence-corrected chi connectivity index (χ4v) is 4.68. The van der Waals surface area contributed by atoms with Crippen molar-refractivity contribution in [3.8, 4) is 5.75 Å². The molecule has 4 N–H and O–H groups in total. The predicted octanol–water partition coefficient (Wildman–Crippen LogP) is 1.11. The zero-order chi connectivity index (χ0) is 22.0. The van der Waals surface area contributed by atoms with Gasteiger partial charge in [0.05, 0.1) is 17.9 Å². The molecule has 1 aromatic carbocycles. The maximum absolute atomic E-state index is 11.9. The second-order valence-electron chi connectivity index (χ2n) is 7.48.